The largest absolute Gasteiger partial charge is 0.436 e. The van der Waals surface area contributed by atoms with Gasteiger partial charge < -0.3 is 19.1 Å². The molecular weight excluding hydrogens is 349 g/mol. The Balaban J connectivity index is 1.64. The molecular formula is C20H16FN3O3. The van der Waals surface area contributed by atoms with Gasteiger partial charge in [-0.25, -0.2) is 14.2 Å². The zero-order valence-electron chi connectivity index (χ0n) is 14.4. The maximum Gasteiger partial charge on any atom is 0.349 e. The molecule has 27 heavy (non-hydrogen) atoms. The van der Waals surface area contributed by atoms with Crippen LogP contribution >= 0.6 is 0 Å². The van der Waals surface area contributed by atoms with Crippen LogP contribution in [-0.2, 0) is 0 Å². The van der Waals surface area contributed by atoms with Gasteiger partial charge in [0.15, 0.2) is 5.58 Å². The SMILES string of the molecule is O=c1oc2cc(N3CCNCC3)cc(F)c2cc1-c1nc2ccccc2o1. The first-order valence-corrected chi connectivity index (χ1v) is 8.78. The molecule has 1 N–H and O–H groups in total. The Kier molecular flexibility index (Phi) is 3.68. The van der Waals surface area contributed by atoms with Gasteiger partial charge in [0.05, 0.1) is 5.39 Å². The van der Waals surface area contributed by atoms with Gasteiger partial charge in [0.1, 0.15) is 22.5 Å². The van der Waals surface area contributed by atoms with Crippen LogP contribution in [0.15, 0.2) is 56.1 Å². The highest BCUT2D eigenvalue weighted by Gasteiger charge is 2.18. The summed E-state index contributed by atoms with van der Waals surface area (Å²) in [6.45, 7) is 3.22. The van der Waals surface area contributed by atoms with Crippen molar-refractivity contribution >= 4 is 27.8 Å². The van der Waals surface area contributed by atoms with E-state index in [2.05, 4.69) is 15.2 Å². The quantitative estimate of drug-likeness (QED) is 0.550. The van der Waals surface area contributed by atoms with Crippen molar-refractivity contribution in [3.8, 4) is 11.5 Å². The van der Waals surface area contributed by atoms with Crippen molar-refractivity contribution < 1.29 is 13.2 Å². The summed E-state index contributed by atoms with van der Waals surface area (Å²) in [4.78, 5) is 18.9. The highest BCUT2D eigenvalue weighted by Crippen LogP contribution is 2.29. The molecule has 3 heterocycles. The fraction of sp³-hybridized carbons (Fsp3) is 0.200. The Morgan fingerprint density at radius 1 is 1.04 bits per heavy atom. The average molecular weight is 365 g/mol. The molecule has 1 aliphatic rings. The van der Waals surface area contributed by atoms with Gasteiger partial charge in [-0.1, -0.05) is 12.1 Å². The number of halogens is 1. The number of anilines is 1. The lowest BCUT2D eigenvalue weighted by molar-refractivity contribution is 0.547. The van der Waals surface area contributed by atoms with E-state index in [0.717, 1.165) is 26.2 Å². The van der Waals surface area contributed by atoms with Crippen LogP contribution in [0.3, 0.4) is 0 Å². The third-order valence-corrected chi connectivity index (χ3v) is 4.79. The Bertz CT molecular complexity index is 1180. The lowest BCUT2D eigenvalue weighted by Gasteiger charge is -2.29. The number of nitrogens with zero attached hydrogens (tertiary/aromatic N) is 2. The highest BCUT2D eigenvalue weighted by atomic mass is 19.1. The molecule has 136 valence electrons. The summed E-state index contributed by atoms with van der Waals surface area (Å²) >= 11 is 0. The van der Waals surface area contributed by atoms with Crippen LogP contribution < -0.4 is 15.8 Å². The molecule has 4 aromatic rings. The van der Waals surface area contributed by atoms with Gasteiger partial charge in [0.25, 0.3) is 0 Å². The summed E-state index contributed by atoms with van der Waals surface area (Å²) in [5.74, 6) is -0.320. The molecule has 2 aromatic carbocycles. The molecule has 5 rings (SSSR count). The van der Waals surface area contributed by atoms with Crippen LogP contribution in [0.4, 0.5) is 10.1 Å². The second kappa shape index (κ2) is 6.21. The molecule has 7 heteroatoms. The standard InChI is InChI=1S/C20H16FN3O3/c21-15-9-12(24-7-5-22-6-8-24)10-18-13(15)11-14(20(25)27-18)19-23-16-3-1-2-4-17(16)26-19/h1-4,9-11,22H,5-8H2. The third-order valence-electron chi connectivity index (χ3n) is 4.79. The van der Waals surface area contributed by atoms with Gasteiger partial charge in [-0.05, 0) is 24.3 Å². The first kappa shape index (κ1) is 16.0. The molecule has 6 nitrogen and oxygen atoms in total. The van der Waals surface area contributed by atoms with Crippen molar-refractivity contribution in [1.82, 2.24) is 10.3 Å². The molecule has 0 saturated carbocycles. The minimum Gasteiger partial charge on any atom is -0.436 e. The molecule has 1 aliphatic heterocycles. The summed E-state index contributed by atoms with van der Waals surface area (Å²) in [6, 6.07) is 11.8. The van der Waals surface area contributed by atoms with Crippen molar-refractivity contribution in [3.05, 3.63) is 58.7 Å². The molecule has 0 aliphatic carbocycles. The van der Waals surface area contributed by atoms with Gasteiger partial charge in [-0.3, -0.25) is 0 Å². The number of nitrogens with one attached hydrogen (secondary N) is 1. The molecule has 0 unspecified atom stereocenters. The zero-order chi connectivity index (χ0) is 18.4. The summed E-state index contributed by atoms with van der Waals surface area (Å²) in [6.07, 6.45) is 0. The van der Waals surface area contributed by atoms with E-state index < -0.39 is 11.4 Å². The Morgan fingerprint density at radius 3 is 2.67 bits per heavy atom. The fourth-order valence-corrected chi connectivity index (χ4v) is 3.40. The van der Waals surface area contributed by atoms with Crippen molar-refractivity contribution in [2.75, 3.05) is 31.1 Å². The Morgan fingerprint density at radius 2 is 1.85 bits per heavy atom. The van der Waals surface area contributed by atoms with Crippen LogP contribution in [0, 0.1) is 5.82 Å². The van der Waals surface area contributed by atoms with E-state index in [0.29, 0.717) is 16.8 Å². The third kappa shape index (κ3) is 2.76. The predicted octanol–water partition coefficient (Wildman–Crippen LogP) is 3.15. The van der Waals surface area contributed by atoms with Gasteiger partial charge in [0.2, 0.25) is 5.89 Å². The molecule has 0 atom stereocenters. The summed E-state index contributed by atoms with van der Waals surface area (Å²) < 4.78 is 25.8. The molecule has 0 spiro atoms. The number of piperazine rings is 1. The molecule has 2 aromatic heterocycles. The van der Waals surface area contributed by atoms with Crippen molar-refractivity contribution in [1.29, 1.82) is 0 Å². The second-order valence-corrected chi connectivity index (χ2v) is 6.51. The van der Waals surface area contributed by atoms with Crippen LogP contribution in [0.25, 0.3) is 33.5 Å². The van der Waals surface area contributed by atoms with Gasteiger partial charge >= 0.3 is 5.63 Å². The maximum atomic E-state index is 14.8. The van der Waals surface area contributed by atoms with E-state index in [-0.39, 0.29) is 22.4 Å². The average Bonchev–Trinajstić information content (AvgIpc) is 3.12. The number of aromatic nitrogens is 1. The van der Waals surface area contributed by atoms with Crippen molar-refractivity contribution in [2.24, 2.45) is 0 Å². The van der Waals surface area contributed by atoms with Crippen molar-refractivity contribution in [3.63, 3.8) is 0 Å². The van der Waals surface area contributed by atoms with Gasteiger partial charge in [-0.2, -0.15) is 0 Å². The van der Waals surface area contributed by atoms with Crippen LogP contribution in [0.5, 0.6) is 0 Å². The normalized spacial score (nSPS) is 14.9. The maximum absolute atomic E-state index is 14.8. The van der Waals surface area contributed by atoms with E-state index in [1.807, 2.05) is 12.1 Å². The molecule has 1 fully saturated rings. The predicted molar refractivity (Wildman–Crippen MR) is 101 cm³/mol. The number of hydrogen-bond acceptors (Lipinski definition) is 6. The number of benzene rings is 2. The van der Waals surface area contributed by atoms with Crippen LogP contribution in [0.1, 0.15) is 0 Å². The van der Waals surface area contributed by atoms with Gasteiger partial charge in [0, 0.05) is 37.9 Å². The van der Waals surface area contributed by atoms with E-state index in [1.54, 1.807) is 18.2 Å². The Labute approximate surface area is 153 Å². The number of oxazole rings is 1. The lowest BCUT2D eigenvalue weighted by atomic mass is 10.1. The topological polar surface area (TPSA) is 71.5 Å². The minimum atomic E-state index is -0.606. The van der Waals surface area contributed by atoms with E-state index in [1.165, 1.54) is 12.1 Å². The van der Waals surface area contributed by atoms with E-state index in [4.69, 9.17) is 8.83 Å². The summed E-state index contributed by atoms with van der Waals surface area (Å²) in [5, 5.41) is 3.48. The lowest BCUT2D eigenvalue weighted by Crippen LogP contribution is -2.43. The minimum absolute atomic E-state index is 0.104. The van der Waals surface area contributed by atoms with Crippen molar-refractivity contribution in [2.45, 2.75) is 0 Å². The van der Waals surface area contributed by atoms with Crippen LogP contribution in [0.2, 0.25) is 0 Å². The molecule has 0 radical (unpaired) electrons. The number of fused-ring (bicyclic) bond motifs is 2. The van der Waals surface area contributed by atoms with E-state index in [9.17, 15) is 9.18 Å². The Hall–Kier alpha value is -3.19. The second-order valence-electron chi connectivity index (χ2n) is 6.51. The number of para-hydroxylation sites is 2. The van der Waals surface area contributed by atoms with Gasteiger partial charge in [-0.15, -0.1) is 0 Å². The first-order chi connectivity index (χ1) is 13.2. The highest BCUT2D eigenvalue weighted by molar-refractivity contribution is 5.85. The molecule has 0 amide bonds. The zero-order valence-corrected chi connectivity index (χ0v) is 14.4. The molecule has 1 saturated heterocycles. The van der Waals surface area contributed by atoms with Crippen LogP contribution in [-0.4, -0.2) is 31.2 Å². The number of rotatable bonds is 2. The molecule has 0 bridgehead atoms. The smallest absolute Gasteiger partial charge is 0.349 e. The summed E-state index contributed by atoms with van der Waals surface area (Å²) in [7, 11) is 0. The monoisotopic (exact) mass is 365 g/mol. The fourth-order valence-electron chi connectivity index (χ4n) is 3.40. The summed E-state index contributed by atoms with van der Waals surface area (Å²) in [5.41, 5.74) is 1.61. The van der Waals surface area contributed by atoms with E-state index >= 15 is 0 Å². The number of hydrogen-bond donors (Lipinski definition) is 1. The first-order valence-electron chi connectivity index (χ1n) is 8.78.